The van der Waals surface area contributed by atoms with E-state index in [2.05, 4.69) is 18.6 Å². The molecule has 0 unspecified atom stereocenters. The van der Waals surface area contributed by atoms with Crippen molar-refractivity contribution < 1.29 is 17.3 Å². The van der Waals surface area contributed by atoms with Crippen LogP contribution in [0, 0.1) is 0 Å². The lowest BCUT2D eigenvalue weighted by Crippen LogP contribution is -2.38. The zero-order valence-corrected chi connectivity index (χ0v) is 11.2. The summed E-state index contributed by atoms with van der Waals surface area (Å²) in [5.74, 6) is -0.110. The fourth-order valence-electron chi connectivity index (χ4n) is 1.22. The van der Waals surface area contributed by atoms with Gasteiger partial charge in [-0.15, -0.1) is 0 Å². The molecule has 0 saturated heterocycles. The van der Waals surface area contributed by atoms with Crippen LogP contribution >= 0.6 is 11.5 Å². The molecular formula is C9H11N4O3S2+. The van der Waals surface area contributed by atoms with Crippen molar-refractivity contribution in [2.24, 2.45) is 0 Å². The van der Waals surface area contributed by atoms with E-state index < -0.39 is 10.1 Å². The van der Waals surface area contributed by atoms with Crippen LogP contribution in [-0.2, 0) is 20.8 Å². The maximum atomic E-state index is 11.2. The Kier molecular flexibility index (Phi) is 3.94. The van der Waals surface area contributed by atoms with E-state index in [0.29, 0.717) is 0 Å². The van der Waals surface area contributed by atoms with Crippen molar-refractivity contribution in [3.05, 3.63) is 24.8 Å². The smallest absolute Gasteiger partial charge is 0.273 e. The second-order valence-electron chi connectivity index (χ2n) is 3.35. The Morgan fingerprint density at radius 3 is 3.00 bits per heavy atom. The first-order chi connectivity index (χ1) is 8.61. The van der Waals surface area contributed by atoms with Gasteiger partial charge in [-0.1, -0.05) is 4.68 Å². The van der Waals surface area contributed by atoms with E-state index in [4.69, 9.17) is 0 Å². The van der Waals surface area contributed by atoms with Crippen LogP contribution in [0.3, 0.4) is 0 Å². The molecule has 0 aliphatic rings. The van der Waals surface area contributed by atoms with Crippen LogP contribution in [-0.4, -0.2) is 35.7 Å². The van der Waals surface area contributed by atoms with E-state index in [0.717, 1.165) is 17.7 Å². The van der Waals surface area contributed by atoms with Crippen molar-refractivity contribution in [1.82, 2.24) is 14.5 Å². The minimum atomic E-state index is -3.45. The molecule has 2 rings (SSSR count). The SMILES string of the molecule is COS(=O)(=O)CC[n+]1cc(-c2ccncn2)sn1. The molecule has 96 valence electrons. The first-order valence-electron chi connectivity index (χ1n) is 5.02. The quantitative estimate of drug-likeness (QED) is 0.562. The maximum Gasteiger partial charge on any atom is 0.273 e. The van der Waals surface area contributed by atoms with Gasteiger partial charge in [0.25, 0.3) is 10.1 Å². The lowest BCUT2D eigenvalue weighted by atomic mass is 10.4. The van der Waals surface area contributed by atoms with Crippen LogP contribution < -0.4 is 4.68 Å². The molecule has 0 bridgehead atoms. The van der Waals surface area contributed by atoms with Gasteiger partial charge >= 0.3 is 0 Å². The average molecular weight is 287 g/mol. The van der Waals surface area contributed by atoms with Gasteiger partial charge in [-0.25, -0.2) is 9.97 Å². The Morgan fingerprint density at radius 1 is 1.50 bits per heavy atom. The first-order valence-corrected chi connectivity index (χ1v) is 7.37. The molecular weight excluding hydrogens is 276 g/mol. The highest BCUT2D eigenvalue weighted by molar-refractivity contribution is 7.86. The van der Waals surface area contributed by atoms with Crippen molar-refractivity contribution in [1.29, 1.82) is 0 Å². The maximum absolute atomic E-state index is 11.2. The number of hydrogen-bond acceptors (Lipinski definition) is 7. The standard InChI is InChI=1S/C9H11N4O3S2/c1-16-18(14,15)5-4-13-6-9(17-12-13)8-2-3-10-7-11-8/h2-3,6-7H,4-5H2,1H3/q+1. The third-order valence-electron chi connectivity index (χ3n) is 2.17. The minimum Gasteiger partial charge on any atom is -0.273 e. The molecule has 0 fully saturated rings. The summed E-state index contributed by atoms with van der Waals surface area (Å²) in [5, 5.41) is 0. The molecule has 0 spiro atoms. The second kappa shape index (κ2) is 5.46. The molecule has 0 atom stereocenters. The number of aromatic nitrogens is 4. The minimum absolute atomic E-state index is 0.110. The number of aryl methyl sites for hydroxylation is 1. The summed E-state index contributed by atoms with van der Waals surface area (Å²) in [6, 6.07) is 1.77. The van der Waals surface area contributed by atoms with Crippen molar-refractivity contribution >= 4 is 21.7 Å². The molecule has 2 heterocycles. The summed E-state index contributed by atoms with van der Waals surface area (Å²) in [5.41, 5.74) is 0.760. The largest absolute Gasteiger partial charge is 0.273 e. The third kappa shape index (κ3) is 3.28. The van der Waals surface area contributed by atoms with E-state index in [1.165, 1.54) is 17.9 Å². The van der Waals surface area contributed by atoms with Gasteiger partial charge in [-0.2, -0.15) is 8.42 Å². The third-order valence-corrected chi connectivity index (χ3v) is 4.16. The predicted octanol–water partition coefficient (Wildman–Crippen LogP) is -0.136. The van der Waals surface area contributed by atoms with Crippen molar-refractivity contribution in [2.75, 3.05) is 12.9 Å². The molecule has 2 aromatic heterocycles. The molecule has 0 N–H and O–H groups in total. The van der Waals surface area contributed by atoms with Gasteiger partial charge in [0.1, 0.15) is 17.0 Å². The Balaban J connectivity index is 2.08. The molecule has 0 saturated carbocycles. The van der Waals surface area contributed by atoms with E-state index in [1.54, 1.807) is 23.1 Å². The highest BCUT2D eigenvalue weighted by Gasteiger charge is 2.17. The molecule has 18 heavy (non-hydrogen) atoms. The van der Waals surface area contributed by atoms with Crippen molar-refractivity contribution in [2.45, 2.75) is 6.54 Å². The number of nitrogens with zero attached hydrogens (tertiary/aromatic N) is 4. The highest BCUT2D eigenvalue weighted by Crippen LogP contribution is 2.16. The zero-order valence-electron chi connectivity index (χ0n) is 9.55. The highest BCUT2D eigenvalue weighted by atomic mass is 32.2. The zero-order chi connectivity index (χ0) is 13.0. The van der Waals surface area contributed by atoms with Crippen LogP contribution in [0.5, 0.6) is 0 Å². The van der Waals surface area contributed by atoms with Gasteiger partial charge in [0, 0.05) is 17.7 Å². The Bertz CT molecular complexity index is 612. The van der Waals surface area contributed by atoms with Gasteiger partial charge in [0.05, 0.1) is 17.3 Å². The average Bonchev–Trinajstić information content (AvgIpc) is 2.86. The Labute approximate surface area is 108 Å². The molecule has 0 aliphatic carbocycles. The molecule has 0 aliphatic heterocycles. The van der Waals surface area contributed by atoms with Crippen molar-refractivity contribution in [3.63, 3.8) is 0 Å². The molecule has 0 radical (unpaired) electrons. The van der Waals surface area contributed by atoms with Gasteiger partial charge in [-0.05, 0) is 6.07 Å². The topological polar surface area (TPSA) is 85.9 Å². The summed E-state index contributed by atoms with van der Waals surface area (Å²) in [6.07, 6.45) is 4.84. The fraction of sp³-hybridized carbons (Fsp3) is 0.333. The van der Waals surface area contributed by atoms with Crippen LogP contribution in [0.4, 0.5) is 0 Å². The molecule has 9 heteroatoms. The van der Waals surface area contributed by atoms with Gasteiger partial charge < -0.3 is 0 Å². The number of hydrogen-bond donors (Lipinski definition) is 0. The Hall–Kier alpha value is -1.45. The summed E-state index contributed by atoms with van der Waals surface area (Å²) in [7, 11) is -2.31. The van der Waals surface area contributed by atoms with Crippen LogP contribution in [0.25, 0.3) is 10.6 Å². The van der Waals surface area contributed by atoms with Crippen LogP contribution in [0.1, 0.15) is 0 Å². The first kappa shape index (κ1) is 13.0. The van der Waals surface area contributed by atoms with Crippen molar-refractivity contribution in [3.8, 4) is 10.6 Å². The predicted molar refractivity (Wildman–Crippen MR) is 64.1 cm³/mol. The van der Waals surface area contributed by atoms with Gasteiger partial charge in [0.2, 0.25) is 6.20 Å². The van der Waals surface area contributed by atoms with Gasteiger partial charge in [0.15, 0.2) is 6.54 Å². The van der Waals surface area contributed by atoms with Crippen LogP contribution in [0.15, 0.2) is 24.8 Å². The van der Waals surface area contributed by atoms with E-state index in [1.807, 2.05) is 0 Å². The van der Waals surface area contributed by atoms with E-state index >= 15 is 0 Å². The fourth-order valence-corrected chi connectivity index (χ4v) is 2.50. The summed E-state index contributed by atoms with van der Waals surface area (Å²) in [4.78, 5) is 8.77. The van der Waals surface area contributed by atoms with Gasteiger partial charge in [-0.3, -0.25) is 4.18 Å². The summed E-state index contributed by atoms with van der Waals surface area (Å²) < 4.78 is 32.4. The molecule has 2 aromatic rings. The molecule has 0 aromatic carbocycles. The second-order valence-corrected chi connectivity index (χ2v) is 6.00. The van der Waals surface area contributed by atoms with Crippen LogP contribution in [0.2, 0.25) is 0 Å². The lowest BCUT2D eigenvalue weighted by Gasteiger charge is -1.94. The molecule has 7 nitrogen and oxygen atoms in total. The van der Waals surface area contributed by atoms with E-state index in [9.17, 15) is 8.42 Å². The molecule has 0 amide bonds. The normalized spacial score (nSPS) is 11.6. The Morgan fingerprint density at radius 2 is 2.33 bits per heavy atom. The number of rotatable bonds is 5. The lowest BCUT2D eigenvalue weighted by molar-refractivity contribution is -0.742. The summed E-state index contributed by atoms with van der Waals surface area (Å²) >= 11 is 1.25. The van der Waals surface area contributed by atoms with E-state index in [-0.39, 0.29) is 12.3 Å². The monoisotopic (exact) mass is 287 g/mol. The summed E-state index contributed by atoms with van der Waals surface area (Å²) in [6.45, 7) is 0.248.